The number of hydrogen-bond acceptors (Lipinski definition) is 9. The molecule has 1 aliphatic heterocycles. The van der Waals surface area contributed by atoms with Crippen LogP contribution in [0.25, 0.3) is 0 Å². The lowest BCUT2D eigenvalue weighted by atomic mass is 10.0. The van der Waals surface area contributed by atoms with E-state index in [4.69, 9.17) is 18.9 Å². The average molecular weight is 787 g/mol. The molecule has 11 nitrogen and oxygen atoms in total. The smallest absolute Gasteiger partial charge is 0.329 e. The topological polar surface area (TPSA) is 110 Å². The molecule has 3 aromatic rings. The molecule has 312 valence electrons. The molecular formula is C46H66N4O7. The van der Waals surface area contributed by atoms with Crippen LogP contribution in [0.1, 0.15) is 79.0 Å². The Bertz CT molecular complexity index is 1630. The van der Waals surface area contributed by atoms with Crippen LogP contribution in [-0.4, -0.2) is 108 Å². The fourth-order valence-corrected chi connectivity index (χ4v) is 6.49. The summed E-state index contributed by atoms with van der Waals surface area (Å²) in [7, 11) is 0. The molecule has 1 fully saturated rings. The Balaban J connectivity index is 1.65. The van der Waals surface area contributed by atoms with Gasteiger partial charge in [-0.1, -0.05) is 72.8 Å². The number of carbonyl (C=O) groups excluding carboxylic acids is 3. The molecule has 2 amide bonds. The van der Waals surface area contributed by atoms with Gasteiger partial charge in [-0.3, -0.25) is 14.6 Å². The lowest BCUT2D eigenvalue weighted by molar-refractivity contribution is -0.161. The van der Waals surface area contributed by atoms with Gasteiger partial charge in [0.2, 0.25) is 0 Å². The number of ether oxygens (including phenoxy) is 4. The first-order chi connectivity index (χ1) is 26.8. The largest absolute Gasteiger partial charge is 0.488 e. The fourth-order valence-electron chi connectivity index (χ4n) is 6.49. The van der Waals surface area contributed by atoms with E-state index < -0.39 is 35.2 Å². The number of hydrogen-bond donors (Lipinski definition) is 1. The number of benzene rings is 3. The molecule has 0 aliphatic carbocycles. The third-order valence-corrected chi connectivity index (χ3v) is 9.01. The quantitative estimate of drug-likeness (QED) is 0.143. The minimum absolute atomic E-state index is 0.0744. The van der Waals surface area contributed by atoms with Crippen molar-refractivity contribution in [3.63, 3.8) is 0 Å². The highest BCUT2D eigenvalue weighted by atomic mass is 16.6. The van der Waals surface area contributed by atoms with Crippen molar-refractivity contribution in [3.8, 4) is 5.75 Å². The van der Waals surface area contributed by atoms with Gasteiger partial charge in [-0.2, -0.15) is 0 Å². The van der Waals surface area contributed by atoms with Crippen molar-refractivity contribution in [3.05, 3.63) is 102 Å². The molecule has 0 aromatic heterocycles. The minimum atomic E-state index is -0.996. The van der Waals surface area contributed by atoms with Gasteiger partial charge in [0.25, 0.3) is 0 Å². The minimum Gasteiger partial charge on any atom is -0.488 e. The van der Waals surface area contributed by atoms with Crippen molar-refractivity contribution in [2.45, 2.75) is 105 Å². The number of esters is 2. The van der Waals surface area contributed by atoms with E-state index in [1.54, 1.807) is 25.7 Å². The van der Waals surface area contributed by atoms with Crippen LogP contribution in [-0.2, 0) is 43.3 Å². The van der Waals surface area contributed by atoms with Crippen molar-refractivity contribution in [2.24, 2.45) is 5.92 Å². The predicted octanol–water partition coefficient (Wildman–Crippen LogP) is 7.12. The van der Waals surface area contributed by atoms with E-state index in [0.717, 1.165) is 29.8 Å². The summed E-state index contributed by atoms with van der Waals surface area (Å²) in [5, 5.41) is 3.03. The summed E-state index contributed by atoms with van der Waals surface area (Å²) in [6.45, 7) is 22.1. The molecule has 1 heterocycles. The maximum Gasteiger partial charge on any atom is 0.329 e. The summed E-state index contributed by atoms with van der Waals surface area (Å²) < 4.78 is 23.5. The maximum atomic E-state index is 14.6. The Labute approximate surface area is 341 Å². The summed E-state index contributed by atoms with van der Waals surface area (Å²) in [6, 6.07) is 26.4. The number of urea groups is 1. The van der Waals surface area contributed by atoms with Crippen LogP contribution in [0.15, 0.2) is 84.9 Å². The molecule has 11 heteroatoms. The zero-order chi connectivity index (χ0) is 41.6. The average Bonchev–Trinajstić information content (AvgIpc) is 3.12. The second kappa shape index (κ2) is 20.8. The monoisotopic (exact) mass is 786 g/mol. The normalized spacial score (nSPS) is 15.1. The Morgan fingerprint density at radius 2 is 1.21 bits per heavy atom. The molecule has 0 unspecified atom stereocenters. The van der Waals surface area contributed by atoms with Crippen LogP contribution in [0.2, 0.25) is 0 Å². The van der Waals surface area contributed by atoms with Gasteiger partial charge >= 0.3 is 18.0 Å². The first kappa shape index (κ1) is 45.3. The maximum absolute atomic E-state index is 14.6. The van der Waals surface area contributed by atoms with Gasteiger partial charge in [-0.15, -0.1) is 0 Å². The molecule has 2 atom stereocenters. The number of carbonyl (C=O) groups is 3. The van der Waals surface area contributed by atoms with Crippen LogP contribution in [0, 0.1) is 5.92 Å². The Hall–Kier alpha value is -4.45. The lowest BCUT2D eigenvalue weighted by Crippen LogP contribution is -2.54. The SMILES string of the molecule is CC(C)(C)OC(=O)[C@H](CN(Cc1ccccc1)Cc1ccccc1)CN(CCN1CCOCC1)C(=O)N[C@@H](Cc1ccc(OC(C)(C)C)cc1)C(=O)OC(C)(C)C. The summed E-state index contributed by atoms with van der Waals surface area (Å²) >= 11 is 0. The second-order valence-corrected chi connectivity index (χ2v) is 17.9. The molecule has 0 radical (unpaired) electrons. The van der Waals surface area contributed by atoms with Crippen LogP contribution in [0.3, 0.4) is 0 Å². The molecule has 0 spiro atoms. The molecule has 1 aliphatic rings. The van der Waals surface area contributed by atoms with E-state index in [-0.39, 0.29) is 24.5 Å². The van der Waals surface area contributed by atoms with E-state index in [9.17, 15) is 14.4 Å². The summed E-state index contributed by atoms with van der Waals surface area (Å²) in [4.78, 5) is 48.7. The zero-order valence-electron chi connectivity index (χ0n) is 35.7. The molecular weight excluding hydrogens is 721 g/mol. The summed E-state index contributed by atoms with van der Waals surface area (Å²) in [5.41, 5.74) is 1.17. The third kappa shape index (κ3) is 17.3. The van der Waals surface area contributed by atoms with E-state index in [1.807, 2.05) is 102 Å². The highest BCUT2D eigenvalue weighted by molar-refractivity contribution is 5.84. The highest BCUT2D eigenvalue weighted by Gasteiger charge is 2.34. The predicted molar refractivity (Wildman–Crippen MR) is 224 cm³/mol. The molecule has 1 N–H and O–H groups in total. The molecule has 3 aromatic carbocycles. The van der Waals surface area contributed by atoms with Gasteiger partial charge < -0.3 is 29.2 Å². The molecule has 4 rings (SSSR count). The van der Waals surface area contributed by atoms with Crippen molar-refractivity contribution >= 4 is 18.0 Å². The Morgan fingerprint density at radius 1 is 0.684 bits per heavy atom. The molecule has 1 saturated heterocycles. The van der Waals surface area contributed by atoms with Gasteiger partial charge in [-0.25, -0.2) is 9.59 Å². The second-order valence-electron chi connectivity index (χ2n) is 17.9. The standard InChI is InChI=1S/C46H66N4O7/c1-44(2,3)55-39-22-20-35(21-23-39)30-40(42(52)57-46(7,8)9)47-43(53)50(25-24-48-26-28-54-29-27-48)34-38(41(51)56-45(4,5)6)33-49(31-36-16-12-10-13-17-36)32-37-18-14-11-15-19-37/h10-23,38,40H,24-34H2,1-9H3,(H,47,53)/t38-,40+/m1/s1. The third-order valence-electron chi connectivity index (χ3n) is 9.01. The van der Waals surface area contributed by atoms with Crippen LogP contribution in [0.5, 0.6) is 5.75 Å². The van der Waals surface area contributed by atoms with E-state index in [2.05, 4.69) is 39.4 Å². The van der Waals surface area contributed by atoms with E-state index in [1.165, 1.54) is 0 Å². The lowest BCUT2D eigenvalue weighted by Gasteiger charge is -2.35. The van der Waals surface area contributed by atoms with Gasteiger partial charge in [-0.05, 0) is 91.1 Å². The number of amides is 2. The van der Waals surface area contributed by atoms with E-state index >= 15 is 0 Å². The number of nitrogens with one attached hydrogen (secondary N) is 1. The molecule has 57 heavy (non-hydrogen) atoms. The molecule has 0 saturated carbocycles. The fraction of sp³-hybridized carbons (Fsp3) is 0.543. The van der Waals surface area contributed by atoms with Gasteiger partial charge in [0.1, 0.15) is 28.6 Å². The Kier molecular flexibility index (Phi) is 16.5. The van der Waals surface area contributed by atoms with Crippen molar-refractivity contribution < 1.29 is 33.3 Å². The zero-order valence-corrected chi connectivity index (χ0v) is 35.7. The first-order valence-corrected chi connectivity index (χ1v) is 20.2. The number of morpholine rings is 1. The van der Waals surface area contributed by atoms with E-state index in [0.29, 0.717) is 51.7 Å². The molecule has 0 bridgehead atoms. The Morgan fingerprint density at radius 3 is 1.72 bits per heavy atom. The summed E-state index contributed by atoms with van der Waals surface area (Å²) in [6.07, 6.45) is 0.200. The van der Waals surface area contributed by atoms with Crippen molar-refractivity contribution in [1.29, 1.82) is 0 Å². The number of nitrogens with zero attached hydrogens (tertiary/aromatic N) is 3. The van der Waals surface area contributed by atoms with Crippen molar-refractivity contribution in [1.82, 2.24) is 20.0 Å². The van der Waals surface area contributed by atoms with Crippen molar-refractivity contribution in [2.75, 3.05) is 52.5 Å². The van der Waals surface area contributed by atoms with Gasteiger partial charge in [0.15, 0.2) is 0 Å². The van der Waals surface area contributed by atoms with Gasteiger partial charge in [0.05, 0.1) is 19.1 Å². The summed E-state index contributed by atoms with van der Waals surface area (Å²) in [5.74, 6) is -0.929. The van der Waals surface area contributed by atoms with Crippen LogP contribution < -0.4 is 10.1 Å². The number of rotatable bonds is 17. The van der Waals surface area contributed by atoms with Gasteiger partial charge in [0, 0.05) is 58.8 Å². The van der Waals surface area contributed by atoms with Crippen LogP contribution in [0.4, 0.5) is 4.79 Å². The highest BCUT2D eigenvalue weighted by Crippen LogP contribution is 2.21. The van der Waals surface area contributed by atoms with Crippen LogP contribution >= 0.6 is 0 Å². The first-order valence-electron chi connectivity index (χ1n) is 20.2.